The van der Waals surface area contributed by atoms with Gasteiger partial charge in [0.15, 0.2) is 11.5 Å². The van der Waals surface area contributed by atoms with Crippen molar-refractivity contribution in [2.75, 3.05) is 21.3 Å². The molecule has 1 aromatic heterocycles. The van der Waals surface area contributed by atoms with Gasteiger partial charge in [-0.15, -0.1) is 0 Å². The van der Waals surface area contributed by atoms with E-state index < -0.39 is 0 Å². The predicted molar refractivity (Wildman–Crippen MR) is 86.2 cm³/mol. The van der Waals surface area contributed by atoms with E-state index in [1.54, 1.807) is 24.5 Å². The summed E-state index contributed by atoms with van der Waals surface area (Å²) in [6.07, 6.45) is 3.38. The summed E-state index contributed by atoms with van der Waals surface area (Å²) in [6.45, 7) is 1.90. The van der Waals surface area contributed by atoms with Gasteiger partial charge < -0.3 is 19.5 Å². The summed E-state index contributed by atoms with van der Waals surface area (Å²) in [7, 11) is 4.55. The monoisotopic (exact) mass is 316 g/mol. The van der Waals surface area contributed by atoms with Crippen LogP contribution in [0, 0.1) is 0 Å². The molecule has 2 aromatic rings. The number of nitrogens with zero attached hydrogens (tertiary/aromatic N) is 1. The fourth-order valence-corrected chi connectivity index (χ4v) is 2.22. The molecule has 122 valence electrons. The first-order valence-electron chi connectivity index (χ1n) is 7.11. The Bertz CT molecular complexity index is 674. The van der Waals surface area contributed by atoms with Gasteiger partial charge in [-0.2, -0.15) is 0 Å². The molecule has 0 aliphatic heterocycles. The Labute approximate surface area is 135 Å². The zero-order valence-corrected chi connectivity index (χ0v) is 13.6. The zero-order valence-electron chi connectivity index (χ0n) is 13.6. The minimum atomic E-state index is -0.257. The number of hydrogen-bond acceptors (Lipinski definition) is 5. The molecule has 1 atom stereocenters. The van der Waals surface area contributed by atoms with Crippen LogP contribution in [0.2, 0.25) is 0 Å². The van der Waals surface area contributed by atoms with Gasteiger partial charge in [0, 0.05) is 24.5 Å². The molecule has 0 radical (unpaired) electrons. The fraction of sp³-hybridized carbons (Fsp3) is 0.294. The van der Waals surface area contributed by atoms with E-state index in [0.717, 1.165) is 5.56 Å². The maximum Gasteiger partial charge on any atom is 0.255 e. The summed E-state index contributed by atoms with van der Waals surface area (Å²) in [5.41, 5.74) is 1.35. The second-order valence-electron chi connectivity index (χ2n) is 4.88. The molecule has 23 heavy (non-hydrogen) atoms. The van der Waals surface area contributed by atoms with E-state index in [9.17, 15) is 4.79 Å². The van der Waals surface area contributed by atoms with E-state index in [2.05, 4.69) is 10.3 Å². The minimum Gasteiger partial charge on any atom is -0.496 e. The van der Waals surface area contributed by atoms with Crippen LogP contribution in [-0.2, 0) is 0 Å². The van der Waals surface area contributed by atoms with Gasteiger partial charge in [0.25, 0.3) is 5.91 Å². The lowest BCUT2D eigenvalue weighted by atomic mass is 10.1. The van der Waals surface area contributed by atoms with Crippen LogP contribution >= 0.6 is 0 Å². The van der Waals surface area contributed by atoms with E-state index in [-0.39, 0.29) is 11.9 Å². The van der Waals surface area contributed by atoms with Gasteiger partial charge in [0.05, 0.1) is 32.9 Å². The smallest absolute Gasteiger partial charge is 0.255 e. The Morgan fingerprint density at radius 3 is 2.13 bits per heavy atom. The van der Waals surface area contributed by atoms with Crippen LogP contribution in [-0.4, -0.2) is 32.2 Å². The Morgan fingerprint density at radius 1 is 1.00 bits per heavy atom. The van der Waals surface area contributed by atoms with Crippen molar-refractivity contribution in [1.29, 1.82) is 0 Å². The van der Waals surface area contributed by atoms with Gasteiger partial charge in [-0.3, -0.25) is 9.78 Å². The third-order valence-electron chi connectivity index (χ3n) is 3.50. The quantitative estimate of drug-likeness (QED) is 0.887. The van der Waals surface area contributed by atoms with E-state index in [0.29, 0.717) is 22.8 Å². The average molecular weight is 316 g/mol. The van der Waals surface area contributed by atoms with Crippen molar-refractivity contribution in [1.82, 2.24) is 10.3 Å². The van der Waals surface area contributed by atoms with Crippen molar-refractivity contribution in [2.45, 2.75) is 13.0 Å². The highest BCUT2D eigenvalue weighted by Crippen LogP contribution is 2.34. The van der Waals surface area contributed by atoms with Crippen LogP contribution < -0.4 is 19.5 Å². The van der Waals surface area contributed by atoms with Crippen LogP contribution in [0.4, 0.5) is 0 Å². The third kappa shape index (κ3) is 3.71. The topological polar surface area (TPSA) is 69.7 Å². The summed E-state index contributed by atoms with van der Waals surface area (Å²) in [5, 5.41) is 2.93. The summed E-state index contributed by atoms with van der Waals surface area (Å²) in [6, 6.07) is 6.79. The second-order valence-corrected chi connectivity index (χ2v) is 4.88. The lowest BCUT2D eigenvalue weighted by molar-refractivity contribution is 0.0936. The number of methoxy groups -OCH3 is 3. The average Bonchev–Trinajstić information content (AvgIpc) is 2.60. The number of carbonyl (C=O) groups excluding carboxylic acids is 1. The van der Waals surface area contributed by atoms with E-state index >= 15 is 0 Å². The molecule has 0 aliphatic rings. The number of rotatable bonds is 6. The van der Waals surface area contributed by atoms with Gasteiger partial charge in [0.2, 0.25) is 0 Å². The Hall–Kier alpha value is -2.76. The van der Waals surface area contributed by atoms with Crippen molar-refractivity contribution >= 4 is 5.91 Å². The molecular formula is C17H20N2O4. The van der Waals surface area contributed by atoms with Crippen LogP contribution in [0.15, 0.2) is 36.7 Å². The molecule has 6 nitrogen and oxygen atoms in total. The molecule has 1 unspecified atom stereocenters. The maximum atomic E-state index is 12.6. The van der Waals surface area contributed by atoms with Gasteiger partial charge in [-0.05, 0) is 24.6 Å². The molecule has 1 N–H and O–H groups in total. The molecule has 0 saturated heterocycles. The third-order valence-corrected chi connectivity index (χ3v) is 3.50. The van der Waals surface area contributed by atoms with E-state index in [1.807, 2.05) is 19.1 Å². The largest absolute Gasteiger partial charge is 0.496 e. The van der Waals surface area contributed by atoms with Crippen LogP contribution in [0.1, 0.15) is 28.9 Å². The Kier molecular flexibility index (Phi) is 5.41. The van der Waals surface area contributed by atoms with Crippen molar-refractivity contribution < 1.29 is 19.0 Å². The summed E-state index contributed by atoms with van der Waals surface area (Å²) in [5.74, 6) is 1.13. The summed E-state index contributed by atoms with van der Waals surface area (Å²) < 4.78 is 15.8. The predicted octanol–water partition coefficient (Wildman–Crippen LogP) is 2.60. The highest BCUT2D eigenvalue weighted by Gasteiger charge is 2.19. The number of nitrogens with one attached hydrogen (secondary N) is 1. The van der Waals surface area contributed by atoms with Gasteiger partial charge >= 0.3 is 0 Å². The molecule has 2 rings (SSSR count). The highest BCUT2D eigenvalue weighted by atomic mass is 16.5. The van der Waals surface area contributed by atoms with Crippen LogP contribution in [0.25, 0.3) is 0 Å². The van der Waals surface area contributed by atoms with Gasteiger partial charge in [0.1, 0.15) is 5.75 Å². The lowest BCUT2D eigenvalue weighted by Gasteiger charge is -2.17. The number of pyridine rings is 1. The second kappa shape index (κ2) is 7.49. The number of hydrogen-bond donors (Lipinski definition) is 1. The normalized spacial score (nSPS) is 11.5. The molecule has 0 saturated carbocycles. The first-order valence-corrected chi connectivity index (χ1v) is 7.11. The standard InChI is InChI=1S/C17H20N2O4/c1-11(12-5-7-18-8-6-12)19-17(20)13-9-15(22-3)16(23-4)10-14(13)21-2/h5-11H,1-4H3,(H,19,20). The van der Waals surface area contributed by atoms with E-state index in [1.165, 1.54) is 21.3 Å². The number of amides is 1. The first kappa shape index (κ1) is 16.6. The van der Waals surface area contributed by atoms with Crippen molar-refractivity contribution in [3.05, 3.63) is 47.8 Å². The summed E-state index contributed by atoms with van der Waals surface area (Å²) >= 11 is 0. The fourth-order valence-electron chi connectivity index (χ4n) is 2.22. The SMILES string of the molecule is COc1cc(OC)c(C(=O)NC(C)c2ccncc2)cc1OC. The lowest BCUT2D eigenvalue weighted by Crippen LogP contribution is -2.27. The van der Waals surface area contributed by atoms with Crippen molar-refractivity contribution in [3.8, 4) is 17.2 Å². The van der Waals surface area contributed by atoms with Gasteiger partial charge in [-0.1, -0.05) is 0 Å². The molecule has 0 aliphatic carbocycles. The van der Waals surface area contributed by atoms with Gasteiger partial charge in [-0.25, -0.2) is 0 Å². The molecule has 6 heteroatoms. The molecule has 0 spiro atoms. The molecule has 0 fully saturated rings. The summed E-state index contributed by atoms with van der Waals surface area (Å²) in [4.78, 5) is 16.5. The molecule has 1 heterocycles. The number of benzene rings is 1. The molecule has 1 aromatic carbocycles. The first-order chi connectivity index (χ1) is 11.1. The number of carbonyl (C=O) groups is 1. The molecule has 1 amide bonds. The van der Waals surface area contributed by atoms with Crippen molar-refractivity contribution in [2.24, 2.45) is 0 Å². The number of aromatic nitrogens is 1. The molecule has 0 bridgehead atoms. The van der Waals surface area contributed by atoms with Crippen LogP contribution in [0.3, 0.4) is 0 Å². The maximum absolute atomic E-state index is 12.6. The highest BCUT2D eigenvalue weighted by molar-refractivity contribution is 5.98. The Morgan fingerprint density at radius 2 is 1.57 bits per heavy atom. The van der Waals surface area contributed by atoms with Crippen LogP contribution in [0.5, 0.6) is 17.2 Å². The van der Waals surface area contributed by atoms with E-state index in [4.69, 9.17) is 14.2 Å². The number of ether oxygens (including phenoxy) is 3. The zero-order chi connectivity index (χ0) is 16.8. The van der Waals surface area contributed by atoms with Crippen molar-refractivity contribution in [3.63, 3.8) is 0 Å². The molecular weight excluding hydrogens is 296 g/mol. The minimum absolute atomic E-state index is 0.164. The Balaban J connectivity index is 2.28.